The summed E-state index contributed by atoms with van der Waals surface area (Å²) < 4.78 is 5.70. The zero-order valence-corrected chi connectivity index (χ0v) is 15.5. The number of anilines is 2. The van der Waals surface area contributed by atoms with Crippen molar-refractivity contribution in [1.29, 1.82) is 0 Å². The van der Waals surface area contributed by atoms with E-state index in [4.69, 9.17) is 4.74 Å². The van der Waals surface area contributed by atoms with Gasteiger partial charge in [0, 0.05) is 31.5 Å². The second kappa shape index (κ2) is 9.02. The minimum absolute atomic E-state index is 0.0456. The molecule has 1 saturated heterocycles. The summed E-state index contributed by atoms with van der Waals surface area (Å²) in [6.07, 6.45) is 7.00. The smallest absolute Gasteiger partial charge is 0.319 e. The molecule has 1 aliphatic heterocycles. The van der Waals surface area contributed by atoms with Crippen molar-refractivity contribution >= 4 is 17.5 Å². The van der Waals surface area contributed by atoms with E-state index >= 15 is 0 Å². The Morgan fingerprint density at radius 1 is 1.37 bits per heavy atom. The zero-order chi connectivity index (χ0) is 19.1. The molecule has 1 unspecified atom stereocenters. The van der Waals surface area contributed by atoms with E-state index in [0.29, 0.717) is 24.6 Å². The van der Waals surface area contributed by atoms with E-state index in [2.05, 4.69) is 32.1 Å². The van der Waals surface area contributed by atoms with Gasteiger partial charge < -0.3 is 20.3 Å². The van der Waals surface area contributed by atoms with Gasteiger partial charge in [0.25, 0.3) is 0 Å². The van der Waals surface area contributed by atoms with Crippen molar-refractivity contribution in [3.05, 3.63) is 55.0 Å². The molecule has 2 N–H and O–H groups in total. The number of hydrogen-bond donors (Lipinski definition) is 2. The number of amides is 2. The fourth-order valence-electron chi connectivity index (χ4n) is 3.00. The predicted octanol–water partition coefficient (Wildman–Crippen LogP) is 3.22. The molecule has 1 fully saturated rings. The van der Waals surface area contributed by atoms with Crippen LogP contribution in [0.5, 0.6) is 5.75 Å². The number of piperidine rings is 1. The van der Waals surface area contributed by atoms with E-state index in [1.54, 1.807) is 18.6 Å². The average molecular weight is 367 g/mol. The average Bonchev–Trinajstić information content (AvgIpc) is 2.68. The van der Waals surface area contributed by atoms with Crippen molar-refractivity contribution in [3.63, 3.8) is 0 Å². The van der Waals surface area contributed by atoms with Gasteiger partial charge in [-0.2, -0.15) is 0 Å². The third kappa shape index (κ3) is 5.44. The van der Waals surface area contributed by atoms with Crippen molar-refractivity contribution in [1.82, 2.24) is 15.3 Å². The quantitative estimate of drug-likeness (QED) is 0.767. The summed E-state index contributed by atoms with van der Waals surface area (Å²) in [7, 11) is 0. The highest BCUT2D eigenvalue weighted by Gasteiger charge is 2.22. The van der Waals surface area contributed by atoms with Gasteiger partial charge in [-0.15, -0.1) is 0 Å². The number of hydrogen-bond acceptors (Lipinski definition) is 5. The minimum Gasteiger partial charge on any atom is -0.487 e. The van der Waals surface area contributed by atoms with Gasteiger partial charge in [-0.1, -0.05) is 18.7 Å². The molecule has 0 radical (unpaired) electrons. The molecule has 142 valence electrons. The highest BCUT2D eigenvalue weighted by Crippen LogP contribution is 2.24. The number of benzene rings is 1. The van der Waals surface area contributed by atoms with Gasteiger partial charge in [0.2, 0.25) is 0 Å². The Bertz CT molecular complexity index is 781. The normalized spacial score (nSPS) is 16.5. The largest absolute Gasteiger partial charge is 0.487 e. The molecule has 1 atom stereocenters. The van der Waals surface area contributed by atoms with Crippen molar-refractivity contribution in [2.24, 2.45) is 0 Å². The van der Waals surface area contributed by atoms with Gasteiger partial charge in [-0.05, 0) is 37.5 Å². The molecule has 3 rings (SSSR count). The Kier molecular flexibility index (Phi) is 6.25. The lowest BCUT2D eigenvalue weighted by Crippen LogP contribution is -2.49. The molecule has 2 amide bonds. The SMILES string of the molecule is C=C(C)COc1ccccc1NC(=O)NC1CCCN(c2cnccn2)C1. The molecular formula is C20H25N5O2. The summed E-state index contributed by atoms with van der Waals surface area (Å²) in [6, 6.07) is 7.18. The van der Waals surface area contributed by atoms with Crippen LogP contribution in [0.15, 0.2) is 55.0 Å². The van der Waals surface area contributed by atoms with Crippen LogP contribution in [0.1, 0.15) is 19.8 Å². The lowest BCUT2D eigenvalue weighted by atomic mass is 10.1. The van der Waals surface area contributed by atoms with Crippen LogP contribution < -0.4 is 20.3 Å². The Hall–Kier alpha value is -3.09. The molecule has 1 aliphatic rings. The highest BCUT2D eigenvalue weighted by molar-refractivity contribution is 5.91. The molecule has 0 saturated carbocycles. The van der Waals surface area contributed by atoms with E-state index in [-0.39, 0.29) is 12.1 Å². The molecule has 1 aromatic carbocycles. The summed E-state index contributed by atoms with van der Waals surface area (Å²) in [5.41, 5.74) is 1.55. The Morgan fingerprint density at radius 2 is 2.22 bits per heavy atom. The van der Waals surface area contributed by atoms with E-state index in [0.717, 1.165) is 30.8 Å². The van der Waals surface area contributed by atoms with Crippen molar-refractivity contribution < 1.29 is 9.53 Å². The molecule has 7 heteroatoms. The van der Waals surface area contributed by atoms with E-state index in [1.165, 1.54) is 0 Å². The number of nitrogens with zero attached hydrogens (tertiary/aromatic N) is 3. The number of aromatic nitrogens is 2. The molecule has 2 aromatic rings. The maximum Gasteiger partial charge on any atom is 0.319 e. The summed E-state index contributed by atoms with van der Waals surface area (Å²) in [5, 5.41) is 5.93. The molecule has 27 heavy (non-hydrogen) atoms. The second-order valence-electron chi connectivity index (χ2n) is 6.69. The third-order valence-electron chi connectivity index (χ3n) is 4.24. The first-order valence-electron chi connectivity index (χ1n) is 9.06. The number of para-hydroxylation sites is 2. The van der Waals surface area contributed by atoms with Crippen LogP contribution in [0.3, 0.4) is 0 Å². The van der Waals surface area contributed by atoms with Crippen molar-refractivity contribution in [2.45, 2.75) is 25.8 Å². The van der Waals surface area contributed by atoms with Crippen molar-refractivity contribution in [2.75, 3.05) is 29.9 Å². The third-order valence-corrected chi connectivity index (χ3v) is 4.24. The van der Waals surface area contributed by atoms with Crippen LogP contribution in [0.25, 0.3) is 0 Å². The number of urea groups is 1. The maximum atomic E-state index is 12.5. The fourth-order valence-corrected chi connectivity index (χ4v) is 3.00. The van der Waals surface area contributed by atoms with Gasteiger partial charge in [0.15, 0.2) is 0 Å². The van der Waals surface area contributed by atoms with E-state index in [1.807, 2.05) is 31.2 Å². The lowest BCUT2D eigenvalue weighted by Gasteiger charge is -2.33. The molecule has 1 aromatic heterocycles. The first kappa shape index (κ1) is 18.7. The Balaban J connectivity index is 1.57. The van der Waals surface area contributed by atoms with Gasteiger partial charge >= 0.3 is 6.03 Å². The van der Waals surface area contributed by atoms with Crippen LogP contribution in [0.2, 0.25) is 0 Å². The number of carbonyl (C=O) groups is 1. The standard InChI is InChI=1S/C20H25N5O2/c1-15(2)14-27-18-8-4-3-7-17(18)24-20(26)23-16-6-5-11-25(13-16)19-12-21-9-10-22-19/h3-4,7-10,12,16H,1,5-6,11,13-14H2,2H3,(H2,23,24,26). The summed E-state index contributed by atoms with van der Waals surface area (Å²) in [6.45, 7) is 7.76. The molecule has 0 spiro atoms. The predicted molar refractivity (Wildman–Crippen MR) is 106 cm³/mol. The lowest BCUT2D eigenvalue weighted by molar-refractivity contribution is 0.246. The molecule has 2 heterocycles. The van der Waals surface area contributed by atoms with Crippen molar-refractivity contribution in [3.8, 4) is 5.75 Å². The van der Waals surface area contributed by atoms with Crippen LogP contribution in [0.4, 0.5) is 16.3 Å². The number of ether oxygens (including phenoxy) is 1. The van der Waals surface area contributed by atoms with E-state index < -0.39 is 0 Å². The topological polar surface area (TPSA) is 79.4 Å². The summed E-state index contributed by atoms with van der Waals surface area (Å²) >= 11 is 0. The number of carbonyl (C=O) groups excluding carboxylic acids is 1. The van der Waals surface area contributed by atoms with Gasteiger partial charge in [-0.25, -0.2) is 9.78 Å². The Morgan fingerprint density at radius 3 is 3.00 bits per heavy atom. The Labute approximate surface area is 159 Å². The second-order valence-corrected chi connectivity index (χ2v) is 6.69. The molecule has 0 aliphatic carbocycles. The number of rotatable bonds is 6. The van der Waals surface area contributed by atoms with Crippen LogP contribution in [-0.4, -0.2) is 41.7 Å². The fraction of sp³-hybridized carbons (Fsp3) is 0.350. The molecule has 0 bridgehead atoms. The van der Waals surface area contributed by atoms with Crippen LogP contribution in [-0.2, 0) is 0 Å². The van der Waals surface area contributed by atoms with Crippen LogP contribution in [0, 0.1) is 0 Å². The zero-order valence-electron chi connectivity index (χ0n) is 15.5. The minimum atomic E-state index is -0.243. The monoisotopic (exact) mass is 367 g/mol. The van der Waals surface area contributed by atoms with Gasteiger partial charge in [0.1, 0.15) is 18.2 Å². The maximum absolute atomic E-state index is 12.5. The van der Waals surface area contributed by atoms with Gasteiger partial charge in [0.05, 0.1) is 11.9 Å². The number of nitrogens with one attached hydrogen (secondary N) is 2. The molecule has 7 nitrogen and oxygen atoms in total. The highest BCUT2D eigenvalue weighted by atomic mass is 16.5. The first-order valence-corrected chi connectivity index (χ1v) is 9.06. The van der Waals surface area contributed by atoms with E-state index in [9.17, 15) is 4.79 Å². The molecular weight excluding hydrogens is 342 g/mol. The summed E-state index contributed by atoms with van der Waals surface area (Å²) in [4.78, 5) is 23.1. The summed E-state index contributed by atoms with van der Waals surface area (Å²) in [5.74, 6) is 1.46. The first-order chi connectivity index (χ1) is 13.1. The van der Waals surface area contributed by atoms with Gasteiger partial charge in [-0.3, -0.25) is 4.98 Å². The van der Waals surface area contributed by atoms with Crippen LogP contribution >= 0.6 is 0 Å².